The maximum absolute atomic E-state index is 12.4. The predicted molar refractivity (Wildman–Crippen MR) is 96.3 cm³/mol. The van der Waals surface area contributed by atoms with Crippen molar-refractivity contribution in [3.8, 4) is 11.1 Å². The molecule has 0 radical (unpaired) electrons. The van der Waals surface area contributed by atoms with Gasteiger partial charge < -0.3 is 0 Å². The first-order valence-electron chi connectivity index (χ1n) is 6.60. The third kappa shape index (κ3) is 3.34. The summed E-state index contributed by atoms with van der Waals surface area (Å²) in [6.45, 7) is 1.50. The van der Waals surface area contributed by atoms with Crippen LogP contribution in [0.3, 0.4) is 0 Å². The smallest absolute Gasteiger partial charge is 0.243 e. The Morgan fingerprint density at radius 3 is 1.95 bits per heavy atom. The number of hydrogen-bond acceptors (Lipinski definition) is 3. The summed E-state index contributed by atoms with van der Waals surface area (Å²) in [5.41, 5.74) is 2.32. The predicted octanol–water partition coefficient (Wildman–Crippen LogP) is 4.41. The van der Waals surface area contributed by atoms with Gasteiger partial charge in [0, 0.05) is 5.56 Å². The molecule has 0 atom stereocenters. The van der Waals surface area contributed by atoms with Gasteiger partial charge in [-0.1, -0.05) is 61.5 Å². The van der Waals surface area contributed by atoms with Crippen LogP contribution in [-0.4, -0.2) is 22.5 Å². The fourth-order valence-electron chi connectivity index (χ4n) is 1.94. The van der Waals surface area contributed by atoms with E-state index in [9.17, 15) is 13.2 Å². The van der Waals surface area contributed by atoms with Crippen molar-refractivity contribution in [2.45, 2.75) is 9.49 Å². The minimum atomic E-state index is -3.62. The zero-order valence-corrected chi connectivity index (χ0v) is 15.8. The molecule has 0 fully saturated rings. The van der Waals surface area contributed by atoms with E-state index in [1.54, 1.807) is 24.3 Å². The molecule has 116 valence electrons. The van der Waals surface area contributed by atoms with Crippen LogP contribution in [0, 0.1) is 0 Å². The number of Topliss-reactive ketones (excluding diaryl/α,β-unsaturated/α-hetero) is 1. The zero-order valence-electron chi connectivity index (χ0n) is 11.8. The Morgan fingerprint density at radius 2 is 1.45 bits per heavy atom. The summed E-state index contributed by atoms with van der Waals surface area (Å²) in [7, 11) is -3.62. The van der Waals surface area contributed by atoms with Gasteiger partial charge in [-0.05, 0) is 43.0 Å². The van der Waals surface area contributed by atoms with Crippen molar-refractivity contribution in [1.29, 1.82) is 0 Å². The Hall–Kier alpha value is -0.980. The quantitative estimate of drug-likeness (QED) is 0.505. The number of halogens is 2. The van der Waals surface area contributed by atoms with Gasteiger partial charge in [0.05, 0.1) is 5.75 Å². The molecule has 0 saturated heterocycles. The molecule has 0 bridgehead atoms. The van der Waals surface area contributed by atoms with E-state index in [1.165, 1.54) is 6.92 Å². The summed E-state index contributed by atoms with van der Waals surface area (Å²) in [4.78, 5) is 12.4. The summed E-state index contributed by atoms with van der Waals surface area (Å²) in [5, 5.41) is 0. The summed E-state index contributed by atoms with van der Waals surface area (Å²) in [6, 6.07) is 16.6. The van der Waals surface area contributed by atoms with Gasteiger partial charge in [0.2, 0.25) is 8.35 Å². The number of benzene rings is 2. The van der Waals surface area contributed by atoms with Crippen molar-refractivity contribution in [2.24, 2.45) is 0 Å². The topological polar surface area (TPSA) is 51.2 Å². The van der Waals surface area contributed by atoms with Gasteiger partial charge >= 0.3 is 0 Å². The second kappa shape index (κ2) is 6.64. The molecule has 6 heteroatoms. The lowest BCUT2D eigenvalue weighted by Gasteiger charge is -2.18. The average molecular weight is 446 g/mol. The SMILES string of the molecule is CCS(=O)(=O)C(Br)(Br)C(=O)c1ccc(-c2ccccc2)cc1. The van der Waals surface area contributed by atoms with Crippen molar-refractivity contribution in [3.05, 3.63) is 60.2 Å². The van der Waals surface area contributed by atoms with Crippen LogP contribution in [0.2, 0.25) is 0 Å². The van der Waals surface area contributed by atoms with Gasteiger partial charge in [-0.15, -0.1) is 0 Å². The molecule has 0 N–H and O–H groups in total. The fourth-order valence-corrected chi connectivity index (χ4v) is 4.53. The van der Waals surface area contributed by atoms with E-state index in [0.29, 0.717) is 5.56 Å². The standard InChI is InChI=1S/C16H14Br2O3S/c1-2-22(20,21)16(17,18)15(19)14-10-8-13(9-11-14)12-6-4-3-5-7-12/h3-11H,2H2,1H3. The molecule has 2 aromatic carbocycles. The highest BCUT2D eigenvalue weighted by Gasteiger charge is 2.45. The number of alkyl halides is 2. The Bertz CT molecular complexity index is 767. The van der Waals surface area contributed by atoms with Gasteiger partial charge in [0.15, 0.2) is 9.84 Å². The maximum atomic E-state index is 12.4. The molecule has 0 aliphatic rings. The van der Waals surface area contributed by atoms with E-state index in [-0.39, 0.29) is 5.75 Å². The van der Waals surface area contributed by atoms with Crippen LogP contribution in [-0.2, 0) is 9.84 Å². The van der Waals surface area contributed by atoms with E-state index in [1.807, 2.05) is 30.3 Å². The first-order chi connectivity index (χ1) is 10.3. The third-order valence-corrected chi connectivity index (χ3v) is 8.70. The van der Waals surface area contributed by atoms with Crippen LogP contribution in [0.1, 0.15) is 17.3 Å². The molecule has 0 spiro atoms. The van der Waals surface area contributed by atoms with Gasteiger partial charge in [-0.3, -0.25) is 4.79 Å². The molecule has 0 aliphatic heterocycles. The minimum absolute atomic E-state index is 0.142. The highest BCUT2D eigenvalue weighted by Crippen LogP contribution is 2.37. The molecule has 22 heavy (non-hydrogen) atoms. The number of carbonyl (C=O) groups excluding carboxylic acids is 1. The molecular formula is C16H14Br2O3S. The fraction of sp³-hybridized carbons (Fsp3) is 0.188. The molecule has 2 aromatic rings. The zero-order chi connectivity index (χ0) is 16.4. The van der Waals surface area contributed by atoms with Crippen molar-refractivity contribution in [3.63, 3.8) is 0 Å². The first-order valence-corrected chi connectivity index (χ1v) is 9.84. The Labute approximate surface area is 146 Å². The highest BCUT2D eigenvalue weighted by atomic mass is 79.9. The molecule has 2 rings (SSSR count). The Kier molecular flexibility index (Phi) is 5.25. The maximum Gasteiger partial charge on any atom is 0.243 e. The number of sulfone groups is 1. The number of hydrogen-bond donors (Lipinski definition) is 0. The summed E-state index contributed by atoms with van der Waals surface area (Å²) in [5.74, 6) is -0.675. The van der Waals surface area contributed by atoms with Crippen LogP contribution >= 0.6 is 31.9 Å². The molecular weight excluding hydrogens is 432 g/mol. The first kappa shape index (κ1) is 17.4. The van der Waals surface area contributed by atoms with Crippen LogP contribution < -0.4 is 0 Å². The molecule has 3 nitrogen and oxygen atoms in total. The van der Waals surface area contributed by atoms with Crippen molar-refractivity contribution >= 4 is 47.5 Å². The summed E-state index contributed by atoms with van der Waals surface area (Å²) in [6.07, 6.45) is 0. The summed E-state index contributed by atoms with van der Waals surface area (Å²) >= 11 is 6.02. The minimum Gasteiger partial charge on any atom is -0.290 e. The van der Waals surface area contributed by atoms with E-state index >= 15 is 0 Å². The van der Waals surface area contributed by atoms with Crippen LogP contribution in [0.15, 0.2) is 54.6 Å². The summed E-state index contributed by atoms with van der Waals surface area (Å²) < 4.78 is 22.2. The van der Waals surface area contributed by atoms with Crippen LogP contribution in [0.4, 0.5) is 0 Å². The molecule has 0 unspecified atom stereocenters. The molecule has 0 heterocycles. The lowest BCUT2D eigenvalue weighted by Crippen LogP contribution is -2.35. The van der Waals surface area contributed by atoms with E-state index in [0.717, 1.165) is 11.1 Å². The molecule has 0 aliphatic carbocycles. The van der Waals surface area contributed by atoms with E-state index < -0.39 is 18.2 Å². The second-order valence-electron chi connectivity index (χ2n) is 4.69. The Morgan fingerprint density at radius 1 is 0.955 bits per heavy atom. The lowest BCUT2D eigenvalue weighted by atomic mass is 10.0. The average Bonchev–Trinajstić information content (AvgIpc) is 2.55. The molecule has 0 amide bonds. The van der Waals surface area contributed by atoms with E-state index in [4.69, 9.17) is 0 Å². The monoisotopic (exact) mass is 444 g/mol. The Balaban J connectivity index is 2.33. The largest absolute Gasteiger partial charge is 0.290 e. The van der Waals surface area contributed by atoms with Gasteiger partial charge in [0.1, 0.15) is 0 Å². The van der Waals surface area contributed by atoms with Crippen molar-refractivity contribution in [2.75, 3.05) is 5.75 Å². The molecule has 0 saturated carbocycles. The lowest BCUT2D eigenvalue weighted by molar-refractivity contribution is 0.100. The van der Waals surface area contributed by atoms with Crippen LogP contribution in [0.25, 0.3) is 11.1 Å². The van der Waals surface area contributed by atoms with Gasteiger partial charge in [-0.25, -0.2) is 8.42 Å². The normalized spacial score (nSPS) is 12.1. The van der Waals surface area contributed by atoms with Gasteiger partial charge in [0.25, 0.3) is 0 Å². The number of carbonyl (C=O) groups is 1. The van der Waals surface area contributed by atoms with Crippen LogP contribution in [0.5, 0.6) is 0 Å². The van der Waals surface area contributed by atoms with Gasteiger partial charge in [-0.2, -0.15) is 0 Å². The third-order valence-electron chi connectivity index (χ3n) is 3.29. The number of rotatable bonds is 5. The van der Waals surface area contributed by atoms with Crippen molar-refractivity contribution < 1.29 is 13.2 Å². The number of ketones is 1. The van der Waals surface area contributed by atoms with E-state index in [2.05, 4.69) is 31.9 Å². The van der Waals surface area contributed by atoms with Crippen molar-refractivity contribution in [1.82, 2.24) is 0 Å². The second-order valence-corrected chi connectivity index (χ2v) is 11.6. The highest BCUT2D eigenvalue weighted by molar-refractivity contribution is 9.28. The molecule has 0 aromatic heterocycles.